The highest BCUT2D eigenvalue weighted by Gasteiger charge is 2.19. The van der Waals surface area contributed by atoms with Crippen LogP contribution in [0.15, 0.2) is 23.0 Å². The highest BCUT2D eigenvalue weighted by molar-refractivity contribution is 5.95. The van der Waals surface area contributed by atoms with Crippen molar-refractivity contribution < 1.29 is 14.3 Å². The molecular weight excluding hydrogens is 358 g/mol. The number of carbonyl (C=O) groups is 2. The van der Waals surface area contributed by atoms with Gasteiger partial charge in [0.2, 0.25) is 0 Å². The molecule has 0 bridgehead atoms. The minimum absolute atomic E-state index is 0.0536. The maximum Gasteiger partial charge on any atom is 0.338 e. The maximum absolute atomic E-state index is 12.8. The predicted octanol–water partition coefficient (Wildman–Crippen LogP) is 2.29. The van der Waals surface area contributed by atoms with Crippen LogP contribution in [0, 0.1) is 0 Å². The lowest BCUT2D eigenvalue weighted by Gasteiger charge is -2.26. The third-order valence-electron chi connectivity index (χ3n) is 5.59. The number of carbonyl (C=O) groups excluding carboxylic acids is 2. The summed E-state index contributed by atoms with van der Waals surface area (Å²) in [6.07, 6.45) is 6.98. The van der Waals surface area contributed by atoms with Crippen molar-refractivity contribution in [2.75, 3.05) is 19.7 Å². The molecule has 28 heavy (non-hydrogen) atoms. The standard InChI is InChI=1S/C21H25N3O4/c25-19(23-10-4-2-5-11-23)14-28-21(27)15-8-9-16-17(13-15)22-18-7-3-1-6-12-24(18)20(16)26/h8-9,13H,1-7,10-12,14H2. The topological polar surface area (TPSA) is 81.5 Å². The number of aromatic nitrogens is 2. The zero-order valence-electron chi connectivity index (χ0n) is 16.0. The minimum Gasteiger partial charge on any atom is -0.452 e. The van der Waals surface area contributed by atoms with Crippen LogP contribution in [-0.4, -0.2) is 46.0 Å². The number of esters is 1. The molecule has 0 N–H and O–H groups in total. The van der Waals surface area contributed by atoms with Gasteiger partial charge in [0.05, 0.1) is 16.5 Å². The van der Waals surface area contributed by atoms with E-state index < -0.39 is 5.97 Å². The Morgan fingerprint density at radius 1 is 1.00 bits per heavy atom. The normalized spacial score (nSPS) is 17.1. The van der Waals surface area contributed by atoms with Gasteiger partial charge in [0.25, 0.3) is 11.5 Å². The molecule has 1 amide bonds. The minimum atomic E-state index is -0.566. The van der Waals surface area contributed by atoms with Crippen LogP contribution < -0.4 is 5.56 Å². The Morgan fingerprint density at radius 3 is 2.57 bits per heavy atom. The molecule has 1 aromatic carbocycles. The molecule has 2 aliphatic heterocycles. The number of fused-ring (bicyclic) bond motifs is 2. The second-order valence-electron chi connectivity index (χ2n) is 7.54. The number of ether oxygens (including phenoxy) is 1. The second kappa shape index (κ2) is 8.12. The quantitative estimate of drug-likeness (QED) is 0.760. The molecule has 1 saturated heterocycles. The average molecular weight is 383 g/mol. The summed E-state index contributed by atoms with van der Waals surface area (Å²) in [4.78, 5) is 43.7. The lowest BCUT2D eigenvalue weighted by atomic mass is 10.1. The van der Waals surface area contributed by atoms with Gasteiger partial charge in [-0.3, -0.25) is 14.2 Å². The van der Waals surface area contributed by atoms with Crippen molar-refractivity contribution in [2.45, 2.75) is 51.5 Å². The Bertz CT molecular complexity index is 960. The third kappa shape index (κ3) is 3.79. The summed E-state index contributed by atoms with van der Waals surface area (Å²) in [5, 5.41) is 0.506. The van der Waals surface area contributed by atoms with Crippen LogP contribution in [0.25, 0.3) is 10.9 Å². The summed E-state index contributed by atoms with van der Waals surface area (Å²) in [5.41, 5.74) is 0.765. The first-order valence-electron chi connectivity index (χ1n) is 10.1. The Balaban J connectivity index is 1.51. The first kappa shape index (κ1) is 18.7. The molecule has 1 aromatic heterocycles. The van der Waals surface area contributed by atoms with Crippen molar-refractivity contribution in [3.05, 3.63) is 39.9 Å². The summed E-state index contributed by atoms with van der Waals surface area (Å²) in [5.74, 6) is 0.0560. The SMILES string of the molecule is O=C(OCC(=O)N1CCCCC1)c1ccc2c(=O)n3c(nc2c1)CCCCC3. The highest BCUT2D eigenvalue weighted by Crippen LogP contribution is 2.17. The molecule has 7 heteroatoms. The number of aryl methyl sites for hydroxylation is 1. The predicted molar refractivity (Wildman–Crippen MR) is 104 cm³/mol. The van der Waals surface area contributed by atoms with E-state index in [1.54, 1.807) is 27.7 Å². The molecule has 7 nitrogen and oxygen atoms in total. The molecule has 0 spiro atoms. The lowest BCUT2D eigenvalue weighted by molar-refractivity contribution is -0.135. The molecule has 0 radical (unpaired) electrons. The zero-order valence-corrected chi connectivity index (χ0v) is 16.0. The Kier molecular flexibility index (Phi) is 5.41. The van der Waals surface area contributed by atoms with Crippen molar-refractivity contribution in [3.63, 3.8) is 0 Å². The molecular formula is C21H25N3O4. The fraction of sp³-hybridized carbons (Fsp3) is 0.524. The van der Waals surface area contributed by atoms with E-state index in [-0.39, 0.29) is 18.1 Å². The van der Waals surface area contributed by atoms with Gasteiger partial charge in [0.1, 0.15) is 5.82 Å². The van der Waals surface area contributed by atoms with Crippen LogP contribution >= 0.6 is 0 Å². The van der Waals surface area contributed by atoms with Crippen molar-refractivity contribution >= 4 is 22.8 Å². The molecule has 2 aliphatic rings. The highest BCUT2D eigenvalue weighted by atomic mass is 16.5. The van der Waals surface area contributed by atoms with E-state index >= 15 is 0 Å². The average Bonchev–Trinajstić information content (AvgIpc) is 2.98. The molecule has 148 valence electrons. The van der Waals surface area contributed by atoms with Gasteiger partial charge in [-0.15, -0.1) is 0 Å². The smallest absolute Gasteiger partial charge is 0.338 e. The Hall–Kier alpha value is -2.70. The number of hydrogen-bond donors (Lipinski definition) is 0. The van der Waals surface area contributed by atoms with E-state index in [9.17, 15) is 14.4 Å². The van der Waals surface area contributed by atoms with Crippen LogP contribution in [0.1, 0.15) is 54.7 Å². The fourth-order valence-electron chi connectivity index (χ4n) is 3.99. The van der Waals surface area contributed by atoms with Crippen molar-refractivity contribution in [2.24, 2.45) is 0 Å². The summed E-state index contributed by atoms with van der Waals surface area (Å²) >= 11 is 0. The van der Waals surface area contributed by atoms with Crippen molar-refractivity contribution in [1.82, 2.24) is 14.5 Å². The van der Waals surface area contributed by atoms with E-state index in [2.05, 4.69) is 4.98 Å². The van der Waals surface area contributed by atoms with E-state index in [0.717, 1.165) is 63.9 Å². The van der Waals surface area contributed by atoms with Gasteiger partial charge in [0, 0.05) is 26.1 Å². The van der Waals surface area contributed by atoms with E-state index in [4.69, 9.17) is 4.74 Å². The first-order chi connectivity index (χ1) is 13.6. The van der Waals surface area contributed by atoms with Gasteiger partial charge in [-0.25, -0.2) is 9.78 Å². The number of benzene rings is 1. The van der Waals surface area contributed by atoms with E-state index in [1.807, 2.05) is 0 Å². The summed E-state index contributed by atoms with van der Waals surface area (Å²) in [6.45, 7) is 1.90. The van der Waals surface area contributed by atoms with Gasteiger partial charge in [0.15, 0.2) is 6.61 Å². The van der Waals surface area contributed by atoms with Crippen LogP contribution in [0.5, 0.6) is 0 Å². The maximum atomic E-state index is 12.8. The van der Waals surface area contributed by atoms with Crippen LogP contribution in [-0.2, 0) is 22.5 Å². The van der Waals surface area contributed by atoms with Crippen LogP contribution in [0.2, 0.25) is 0 Å². The van der Waals surface area contributed by atoms with E-state index in [0.29, 0.717) is 23.0 Å². The van der Waals surface area contributed by atoms with Crippen molar-refractivity contribution in [3.8, 4) is 0 Å². The van der Waals surface area contributed by atoms with Crippen molar-refractivity contribution in [1.29, 1.82) is 0 Å². The Morgan fingerprint density at radius 2 is 1.75 bits per heavy atom. The number of piperidine rings is 1. The molecule has 3 heterocycles. The van der Waals surface area contributed by atoms with Gasteiger partial charge in [-0.1, -0.05) is 6.42 Å². The number of rotatable bonds is 3. The summed E-state index contributed by atoms with van der Waals surface area (Å²) < 4.78 is 6.97. The van der Waals surface area contributed by atoms with Crippen LogP contribution in [0.3, 0.4) is 0 Å². The van der Waals surface area contributed by atoms with Gasteiger partial charge in [-0.05, 0) is 50.3 Å². The fourth-order valence-corrected chi connectivity index (χ4v) is 3.99. The molecule has 2 aromatic rings. The monoisotopic (exact) mass is 383 g/mol. The number of hydrogen-bond acceptors (Lipinski definition) is 5. The number of nitrogens with zero attached hydrogens (tertiary/aromatic N) is 3. The third-order valence-corrected chi connectivity index (χ3v) is 5.59. The first-order valence-corrected chi connectivity index (χ1v) is 10.1. The molecule has 4 rings (SSSR count). The summed E-state index contributed by atoms with van der Waals surface area (Å²) in [6, 6.07) is 4.80. The second-order valence-corrected chi connectivity index (χ2v) is 7.54. The molecule has 0 aliphatic carbocycles. The Labute approximate surface area is 163 Å². The van der Waals surface area contributed by atoms with E-state index in [1.165, 1.54) is 0 Å². The zero-order chi connectivity index (χ0) is 19.5. The molecule has 0 atom stereocenters. The molecule has 1 fully saturated rings. The largest absolute Gasteiger partial charge is 0.452 e. The number of amides is 1. The molecule has 0 unspecified atom stereocenters. The van der Waals surface area contributed by atoms with Gasteiger partial charge < -0.3 is 9.64 Å². The van der Waals surface area contributed by atoms with Gasteiger partial charge >= 0.3 is 5.97 Å². The lowest BCUT2D eigenvalue weighted by Crippen LogP contribution is -2.38. The number of likely N-dealkylation sites (tertiary alicyclic amines) is 1. The van der Waals surface area contributed by atoms with Crippen LogP contribution in [0.4, 0.5) is 0 Å². The van der Waals surface area contributed by atoms with Gasteiger partial charge in [-0.2, -0.15) is 0 Å². The molecule has 0 saturated carbocycles. The summed E-state index contributed by atoms with van der Waals surface area (Å²) in [7, 11) is 0.